The third-order valence-corrected chi connectivity index (χ3v) is 9.49. The summed E-state index contributed by atoms with van der Waals surface area (Å²) in [6, 6.07) is 1.19. The van der Waals surface area contributed by atoms with Gasteiger partial charge < -0.3 is 29.2 Å². The van der Waals surface area contributed by atoms with E-state index in [0.29, 0.717) is 63.4 Å². The molecule has 2 heterocycles. The molecule has 0 aromatic carbocycles. The van der Waals surface area contributed by atoms with Crippen molar-refractivity contribution in [3.05, 3.63) is 0 Å². The molecule has 0 aromatic rings. The van der Waals surface area contributed by atoms with Gasteiger partial charge in [-0.1, -0.05) is 13.8 Å². The van der Waals surface area contributed by atoms with Gasteiger partial charge in [-0.05, 0) is 120 Å². The number of β-amino-alcohol motifs (C(OH)–C–C–N with tert-alkyl or cyclic N) is 2. The molecule has 7 unspecified atom stereocenters. The van der Waals surface area contributed by atoms with Gasteiger partial charge in [0.2, 0.25) is 0 Å². The Kier molecular flexibility index (Phi) is 15.6. The fourth-order valence-corrected chi connectivity index (χ4v) is 6.16. The van der Waals surface area contributed by atoms with Gasteiger partial charge >= 0.3 is 0 Å². The SMILES string of the molecule is CC(C)CC(CC(C)(C)OCCCC(C)(C)OCC(O)CN1CC1C)C(C)(C)OCCCC(C)(C)OCC(O)CN1CC1C. The van der Waals surface area contributed by atoms with Gasteiger partial charge in [-0.15, -0.1) is 0 Å². The summed E-state index contributed by atoms with van der Waals surface area (Å²) in [4.78, 5) is 4.52. The van der Waals surface area contributed by atoms with Crippen molar-refractivity contribution in [2.24, 2.45) is 11.8 Å². The second-order valence-electron chi connectivity index (χ2n) is 16.9. The van der Waals surface area contributed by atoms with E-state index in [0.717, 1.165) is 51.6 Å². The fourth-order valence-electron chi connectivity index (χ4n) is 6.16. The third-order valence-electron chi connectivity index (χ3n) is 9.49. The van der Waals surface area contributed by atoms with Crippen molar-refractivity contribution in [3.8, 4) is 0 Å². The van der Waals surface area contributed by atoms with E-state index in [2.05, 4.69) is 92.9 Å². The molecule has 2 saturated heterocycles. The molecule has 8 nitrogen and oxygen atoms in total. The zero-order valence-electron chi connectivity index (χ0n) is 30.8. The normalized spacial score (nSPS) is 24.9. The van der Waals surface area contributed by atoms with Crippen molar-refractivity contribution >= 4 is 0 Å². The van der Waals surface area contributed by atoms with Crippen LogP contribution in [0.1, 0.15) is 122 Å². The molecule has 8 heteroatoms. The Balaban J connectivity index is 1.72. The second-order valence-corrected chi connectivity index (χ2v) is 16.9. The van der Waals surface area contributed by atoms with E-state index in [-0.39, 0.29) is 22.4 Å². The monoisotopic (exact) mass is 629 g/mol. The minimum atomic E-state index is -0.435. The summed E-state index contributed by atoms with van der Waals surface area (Å²) in [5, 5.41) is 20.6. The molecule has 2 rings (SSSR count). The summed E-state index contributed by atoms with van der Waals surface area (Å²) < 4.78 is 25.2. The summed E-state index contributed by atoms with van der Waals surface area (Å²) in [5.41, 5.74) is -1.11. The fraction of sp³-hybridized carbons (Fsp3) is 1.00. The largest absolute Gasteiger partial charge is 0.389 e. The Hall–Kier alpha value is -0.320. The average molecular weight is 629 g/mol. The Bertz CT molecular complexity index is 816. The maximum absolute atomic E-state index is 10.3. The standard InChI is InChI=1S/C36H72N2O6/c1-27(2)19-30(36(11,12)42-18-14-16-34(7,8)44-26-32(40)24-38-22-29(38)4)20-35(9,10)41-17-13-15-33(5,6)43-25-31(39)23-37-21-28(37)3/h27-32,39-40H,13-26H2,1-12H3. The molecule has 0 aromatic heterocycles. The molecule has 262 valence electrons. The zero-order chi connectivity index (χ0) is 33.3. The smallest absolute Gasteiger partial charge is 0.0900 e. The predicted molar refractivity (Wildman–Crippen MR) is 180 cm³/mol. The van der Waals surface area contributed by atoms with Crippen molar-refractivity contribution < 1.29 is 29.2 Å². The molecule has 2 aliphatic heterocycles. The average Bonchev–Trinajstić information content (AvgIpc) is 3.79. The van der Waals surface area contributed by atoms with Gasteiger partial charge in [-0.3, -0.25) is 9.80 Å². The van der Waals surface area contributed by atoms with Gasteiger partial charge in [0.25, 0.3) is 0 Å². The van der Waals surface area contributed by atoms with Gasteiger partial charge in [0, 0.05) is 51.5 Å². The first kappa shape index (κ1) is 39.9. The second kappa shape index (κ2) is 17.2. The molecule has 2 N–H and O–H groups in total. The minimum Gasteiger partial charge on any atom is -0.389 e. The third kappa shape index (κ3) is 16.5. The van der Waals surface area contributed by atoms with Crippen LogP contribution in [-0.2, 0) is 18.9 Å². The maximum Gasteiger partial charge on any atom is 0.0900 e. The van der Waals surface area contributed by atoms with Crippen LogP contribution >= 0.6 is 0 Å². The lowest BCUT2D eigenvalue weighted by molar-refractivity contribution is -0.112. The first-order chi connectivity index (χ1) is 20.2. The molecule has 7 atom stereocenters. The highest BCUT2D eigenvalue weighted by Gasteiger charge is 2.37. The Morgan fingerprint density at radius 2 is 1.07 bits per heavy atom. The number of ether oxygens (including phenoxy) is 4. The van der Waals surface area contributed by atoms with Crippen molar-refractivity contribution in [2.75, 3.05) is 52.6 Å². The van der Waals surface area contributed by atoms with Crippen LogP contribution in [0, 0.1) is 11.8 Å². The zero-order valence-corrected chi connectivity index (χ0v) is 30.8. The topological polar surface area (TPSA) is 83.4 Å². The molecule has 0 spiro atoms. The molecule has 44 heavy (non-hydrogen) atoms. The van der Waals surface area contributed by atoms with Crippen LogP contribution in [0.2, 0.25) is 0 Å². The van der Waals surface area contributed by atoms with Crippen molar-refractivity contribution in [2.45, 2.75) is 168 Å². The van der Waals surface area contributed by atoms with Crippen molar-refractivity contribution in [1.82, 2.24) is 9.80 Å². The molecular formula is C36H72N2O6. The maximum atomic E-state index is 10.3. The molecule has 0 bridgehead atoms. The first-order valence-electron chi connectivity index (χ1n) is 17.6. The highest BCUT2D eigenvalue weighted by Crippen LogP contribution is 2.36. The van der Waals surface area contributed by atoms with Gasteiger partial charge in [0.1, 0.15) is 0 Å². The molecule has 0 amide bonds. The summed E-state index contributed by atoms with van der Waals surface area (Å²) in [5.74, 6) is 0.934. The molecule has 0 aliphatic carbocycles. The van der Waals surface area contributed by atoms with E-state index in [1.807, 2.05) is 0 Å². The highest BCUT2D eigenvalue weighted by atomic mass is 16.5. The first-order valence-corrected chi connectivity index (χ1v) is 17.6. The lowest BCUT2D eigenvalue weighted by atomic mass is 9.77. The van der Waals surface area contributed by atoms with E-state index in [1.54, 1.807) is 0 Å². The van der Waals surface area contributed by atoms with Gasteiger partial charge in [-0.25, -0.2) is 0 Å². The van der Waals surface area contributed by atoms with E-state index in [4.69, 9.17) is 18.9 Å². The molecule has 0 radical (unpaired) electrons. The van der Waals surface area contributed by atoms with Crippen molar-refractivity contribution in [1.29, 1.82) is 0 Å². The number of hydrogen-bond donors (Lipinski definition) is 2. The predicted octanol–water partition coefficient (Wildman–Crippen LogP) is 5.91. The summed E-state index contributed by atoms with van der Waals surface area (Å²) in [7, 11) is 0. The van der Waals surface area contributed by atoms with Gasteiger partial charge in [0.05, 0.1) is 47.8 Å². The van der Waals surface area contributed by atoms with Gasteiger partial charge in [-0.2, -0.15) is 0 Å². The number of aliphatic hydroxyl groups is 2. The summed E-state index contributed by atoms with van der Waals surface area (Å²) in [6.07, 6.45) is 4.74. The molecule has 2 fully saturated rings. The van der Waals surface area contributed by atoms with Gasteiger partial charge in [0.15, 0.2) is 0 Å². The van der Waals surface area contributed by atoms with Crippen LogP contribution in [0.4, 0.5) is 0 Å². The highest BCUT2D eigenvalue weighted by molar-refractivity contribution is 4.88. The lowest BCUT2D eigenvalue weighted by Gasteiger charge is -2.40. The molecular weight excluding hydrogens is 556 g/mol. The van der Waals surface area contributed by atoms with Crippen molar-refractivity contribution in [3.63, 3.8) is 0 Å². The Morgan fingerprint density at radius 3 is 1.45 bits per heavy atom. The Labute approximate surface area is 271 Å². The van der Waals surface area contributed by atoms with Crippen LogP contribution < -0.4 is 0 Å². The van der Waals surface area contributed by atoms with Crippen LogP contribution in [0.3, 0.4) is 0 Å². The van der Waals surface area contributed by atoms with Crippen LogP contribution in [0.25, 0.3) is 0 Å². The van der Waals surface area contributed by atoms with Crippen LogP contribution in [0.15, 0.2) is 0 Å². The minimum absolute atomic E-state index is 0.262. The number of aliphatic hydroxyl groups excluding tert-OH is 2. The molecule has 0 saturated carbocycles. The van der Waals surface area contributed by atoms with E-state index in [1.165, 1.54) is 0 Å². The van der Waals surface area contributed by atoms with E-state index < -0.39 is 12.2 Å². The van der Waals surface area contributed by atoms with Crippen LogP contribution in [-0.4, -0.2) is 119 Å². The quantitative estimate of drug-likeness (QED) is 0.0954. The number of nitrogens with zero attached hydrogens (tertiary/aromatic N) is 2. The Morgan fingerprint density at radius 1 is 0.659 bits per heavy atom. The lowest BCUT2D eigenvalue weighted by Crippen LogP contribution is -2.41. The van der Waals surface area contributed by atoms with E-state index in [9.17, 15) is 10.2 Å². The van der Waals surface area contributed by atoms with Crippen LogP contribution in [0.5, 0.6) is 0 Å². The van der Waals surface area contributed by atoms with E-state index >= 15 is 0 Å². The number of rotatable bonds is 25. The summed E-state index contributed by atoms with van der Waals surface area (Å²) in [6.45, 7) is 31.9. The molecule has 2 aliphatic rings. The number of hydrogen-bond acceptors (Lipinski definition) is 8. The summed E-state index contributed by atoms with van der Waals surface area (Å²) >= 11 is 0.